The van der Waals surface area contributed by atoms with E-state index in [1.54, 1.807) is 11.3 Å². The van der Waals surface area contributed by atoms with Crippen molar-refractivity contribution in [3.63, 3.8) is 0 Å². The van der Waals surface area contributed by atoms with Crippen LogP contribution in [0.3, 0.4) is 0 Å². The van der Waals surface area contributed by atoms with E-state index in [9.17, 15) is 4.79 Å². The molecule has 30 heavy (non-hydrogen) atoms. The third kappa shape index (κ3) is 3.31. The number of aldehydes is 1. The standard InChI is InChI=1S/C26H24N2OS/c1-2-3-4-7-14-28-23-12-10-18(17-29)15-20(23)21-16-19(11-13-24(21)28)26-27-22-8-5-6-9-25(22)30-26/h5-6,8-13,15-17H,2-4,7,14H2,1H3. The number of rotatable bonds is 7. The number of benzene rings is 3. The molecule has 0 unspecified atom stereocenters. The number of aryl methyl sites for hydroxylation is 1. The van der Waals surface area contributed by atoms with Crippen molar-refractivity contribution in [1.29, 1.82) is 0 Å². The van der Waals surface area contributed by atoms with Gasteiger partial charge in [-0.25, -0.2) is 4.98 Å². The van der Waals surface area contributed by atoms with Crippen LogP contribution in [0.15, 0.2) is 60.7 Å². The molecule has 0 aliphatic carbocycles. The summed E-state index contributed by atoms with van der Waals surface area (Å²) in [5.74, 6) is 0. The lowest BCUT2D eigenvalue weighted by molar-refractivity contribution is 0.112. The molecule has 0 aliphatic heterocycles. The van der Waals surface area contributed by atoms with Crippen molar-refractivity contribution >= 4 is 49.6 Å². The molecule has 150 valence electrons. The van der Waals surface area contributed by atoms with E-state index in [1.165, 1.54) is 46.8 Å². The lowest BCUT2D eigenvalue weighted by atomic mass is 10.1. The van der Waals surface area contributed by atoms with E-state index in [2.05, 4.69) is 54.0 Å². The number of carbonyl (C=O) groups is 1. The Bertz CT molecular complexity index is 1330. The van der Waals surface area contributed by atoms with Crippen molar-refractivity contribution < 1.29 is 4.79 Å². The van der Waals surface area contributed by atoms with Crippen molar-refractivity contribution in [1.82, 2.24) is 9.55 Å². The van der Waals surface area contributed by atoms with Crippen molar-refractivity contribution in [2.24, 2.45) is 0 Å². The van der Waals surface area contributed by atoms with Crippen molar-refractivity contribution in [2.45, 2.75) is 39.2 Å². The molecular weight excluding hydrogens is 388 g/mol. The highest BCUT2D eigenvalue weighted by atomic mass is 32.1. The van der Waals surface area contributed by atoms with Gasteiger partial charge in [0.15, 0.2) is 0 Å². The molecular formula is C26H24N2OS. The summed E-state index contributed by atoms with van der Waals surface area (Å²) in [6.45, 7) is 3.24. The Hall–Kier alpha value is -2.98. The minimum absolute atomic E-state index is 0.720. The van der Waals surface area contributed by atoms with Crippen molar-refractivity contribution in [2.75, 3.05) is 0 Å². The Morgan fingerprint density at radius 3 is 2.53 bits per heavy atom. The van der Waals surface area contributed by atoms with E-state index in [0.717, 1.165) is 39.9 Å². The number of aromatic nitrogens is 2. The number of thiazole rings is 1. The molecule has 0 bridgehead atoms. The van der Waals surface area contributed by atoms with Crippen LogP contribution in [0.4, 0.5) is 0 Å². The third-order valence-electron chi connectivity index (χ3n) is 5.80. The van der Waals surface area contributed by atoms with Gasteiger partial charge in [-0.3, -0.25) is 4.79 Å². The first-order valence-corrected chi connectivity index (χ1v) is 11.5. The lowest BCUT2D eigenvalue weighted by Crippen LogP contribution is -1.97. The van der Waals surface area contributed by atoms with Crippen LogP contribution >= 0.6 is 11.3 Å². The predicted octanol–water partition coefficient (Wildman–Crippen LogP) is 7.46. The first kappa shape index (κ1) is 19.0. The molecule has 3 nitrogen and oxygen atoms in total. The zero-order chi connectivity index (χ0) is 20.5. The number of fused-ring (bicyclic) bond motifs is 4. The van der Waals surface area contributed by atoms with Gasteiger partial charge in [-0.1, -0.05) is 38.3 Å². The molecule has 5 aromatic rings. The fraction of sp³-hybridized carbons (Fsp3) is 0.231. The molecule has 0 atom stereocenters. The molecule has 0 saturated heterocycles. The van der Waals surface area contributed by atoms with Crippen LogP contribution in [0, 0.1) is 0 Å². The summed E-state index contributed by atoms with van der Waals surface area (Å²) in [7, 11) is 0. The van der Waals surface area contributed by atoms with E-state index in [1.807, 2.05) is 18.2 Å². The summed E-state index contributed by atoms with van der Waals surface area (Å²) in [4.78, 5) is 16.2. The van der Waals surface area contributed by atoms with E-state index in [0.29, 0.717) is 0 Å². The second-order valence-electron chi connectivity index (χ2n) is 7.83. The van der Waals surface area contributed by atoms with Crippen LogP contribution in [0.25, 0.3) is 42.6 Å². The number of carbonyl (C=O) groups excluding carboxylic acids is 1. The Morgan fingerprint density at radius 1 is 0.933 bits per heavy atom. The third-order valence-corrected chi connectivity index (χ3v) is 6.89. The van der Waals surface area contributed by atoms with Gasteiger partial charge in [0, 0.05) is 39.5 Å². The van der Waals surface area contributed by atoms with Gasteiger partial charge in [0.05, 0.1) is 10.2 Å². The fourth-order valence-electron chi connectivity index (χ4n) is 4.26. The van der Waals surface area contributed by atoms with Crippen LogP contribution in [0.2, 0.25) is 0 Å². The van der Waals surface area contributed by atoms with Gasteiger partial charge in [0.2, 0.25) is 0 Å². The monoisotopic (exact) mass is 412 g/mol. The molecule has 0 spiro atoms. The maximum Gasteiger partial charge on any atom is 0.150 e. The Morgan fingerprint density at radius 2 is 1.73 bits per heavy atom. The minimum Gasteiger partial charge on any atom is -0.340 e. The number of unbranched alkanes of at least 4 members (excludes halogenated alkanes) is 3. The highest BCUT2D eigenvalue weighted by Gasteiger charge is 2.14. The summed E-state index contributed by atoms with van der Waals surface area (Å²) in [5, 5.41) is 3.38. The summed E-state index contributed by atoms with van der Waals surface area (Å²) in [6, 6.07) is 20.9. The Labute approximate surface area is 180 Å². The van der Waals surface area contributed by atoms with Crippen LogP contribution < -0.4 is 0 Å². The molecule has 0 N–H and O–H groups in total. The van der Waals surface area contributed by atoms with Gasteiger partial charge in [-0.05, 0) is 55.0 Å². The second kappa shape index (κ2) is 8.04. The average molecular weight is 413 g/mol. The van der Waals surface area contributed by atoms with Gasteiger partial charge in [0.25, 0.3) is 0 Å². The molecule has 0 radical (unpaired) electrons. The predicted molar refractivity (Wildman–Crippen MR) is 128 cm³/mol. The largest absolute Gasteiger partial charge is 0.340 e. The maximum absolute atomic E-state index is 11.4. The van der Waals surface area contributed by atoms with E-state index in [4.69, 9.17) is 4.98 Å². The van der Waals surface area contributed by atoms with E-state index in [-0.39, 0.29) is 0 Å². The summed E-state index contributed by atoms with van der Waals surface area (Å²) in [6.07, 6.45) is 5.85. The molecule has 0 fully saturated rings. The topological polar surface area (TPSA) is 34.9 Å². The number of nitrogens with zero attached hydrogens (tertiary/aromatic N) is 2. The lowest BCUT2D eigenvalue weighted by Gasteiger charge is -2.07. The SMILES string of the molecule is CCCCCCn1c2ccc(C=O)cc2c2cc(-c3nc4ccccc4s3)ccc21. The Kier molecular flexibility index (Phi) is 5.09. The van der Waals surface area contributed by atoms with Gasteiger partial charge in [0.1, 0.15) is 11.3 Å². The second-order valence-corrected chi connectivity index (χ2v) is 8.86. The Balaban J connectivity index is 1.66. The molecule has 4 heteroatoms. The number of hydrogen-bond donors (Lipinski definition) is 0. The summed E-state index contributed by atoms with van der Waals surface area (Å²) < 4.78 is 3.62. The molecule has 3 aromatic carbocycles. The molecule has 0 saturated carbocycles. The van der Waals surface area contributed by atoms with E-state index < -0.39 is 0 Å². The zero-order valence-corrected chi connectivity index (χ0v) is 17.9. The quantitative estimate of drug-likeness (QED) is 0.205. The zero-order valence-electron chi connectivity index (χ0n) is 17.1. The average Bonchev–Trinajstić information content (AvgIpc) is 3.35. The highest BCUT2D eigenvalue weighted by molar-refractivity contribution is 7.21. The van der Waals surface area contributed by atoms with Crippen molar-refractivity contribution in [3.05, 3.63) is 66.2 Å². The van der Waals surface area contributed by atoms with Gasteiger partial charge in [-0.2, -0.15) is 0 Å². The first-order chi connectivity index (χ1) is 14.8. The molecule has 2 heterocycles. The van der Waals surface area contributed by atoms with Gasteiger partial charge < -0.3 is 4.57 Å². The van der Waals surface area contributed by atoms with Crippen LogP contribution in [0.5, 0.6) is 0 Å². The van der Waals surface area contributed by atoms with Crippen molar-refractivity contribution in [3.8, 4) is 10.6 Å². The van der Waals surface area contributed by atoms with Gasteiger partial charge >= 0.3 is 0 Å². The highest BCUT2D eigenvalue weighted by Crippen LogP contribution is 2.36. The summed E-state index contributed by atoms with van der Waals surface area (Å²) in [5.41, 5.74) is 5.32. The van der Waals surface area contributed by atoms with E-state index >= 15 is 0 Å². The summed E-state index contributed by atoms with van der Waals surface area (Å²) >= 11 is 1.72. The molecule has 0 aliphatic rings. The minimum atomic E-state index is 0.720. The number of para-hydroxylation sites is 1. The van der Waals surface area contributed by atoms with Crippen LogP contribution in [-0.4, -0.2) is 15.8 Å². The fourth-order valence-corrected chi connectivity index (χ4v) is 5.22. The molecule has 2 aromatic heterocycles. The normalized spacial score (nSPS) is 11.6. The van der Waals surface area contributed by atoms with Gasteiger partial charge in [-0.15, -0.1) is 11.3 Å². The number of hydrogen-bond acceptors (Lipinski definition) is 3. The van der Waals surface area contributed by atoms with Crippen LogP contribution in [0.1, 0.15) is 43.0 Å². The molecule has 5 rings (SSSR count). The maximum atomic E-state index is 11.4. The smallest absolute Gasteiger partial charge is 0.150 e. The first-order valence-electron chi connectivity index (χ1n) is 10.7. The van der Waals surface area contributed by atoms with Crippen LogP contribution in [-0.2, 0) is 6.54 Å². The molecule has 0 amide bonds.